The highest BCUT2D eigenvalue weighted by Gasteiger charge is 2.14. The number of anilines is 3. The number of halogens is 1. The fraction of sp³-hybridized carbons (Fsp3) is 0.0500. The van der Waals surface area contributed by atoms with E-state index in [0.717, 1.165) is 16.8 Å². The highest BCUT2D eigenvalue weighted by atomic mass is 35.5. The van der Waals surface area contributed by atoms with Crippen LogP contribution in [0, 0.1) is 0 Å². The van der Waals surface area contributed by atoms with Crippen LogP contribution in [0.5, 0.6) is 0 Å². The SMILES string of the molecule is Nc1c(Cc2ccccc2)cnc2nc(Nc3cc(Cl)ccc3-n3cncn3)nn12. The minimum Gasteiger partial charge on any atom is -0.383 e. The molecule has 0 fully saturated rings. The highest BCUT2D eigenvalue weighted by molar-refractivity contribution is 6.31. The second-order valence-corrected chi connectivity index (χ2v) is 7.04. The first-order valence-corrected chi connectivity index (χ1v) is 9.51. The molecule has 0 amide bonds. The van der Waals surface area contributed by atoms with Crippen molar-refractivity contribution in [2.45, 2.75) is 6.42 Å². The van der Waals surface area contributed by atoms with Crippen LogP contribution in [-0.4, -0.2) is 34.3 Å². The van der Waals surface area contributed by atoms with Gasteiger partial charge in [-0.1, -0.05) is 41.9 Å². The molecule has 0 saturated carbocycles. The Morgan fingerprint density at radius 1 is 1.10 bits per heavy atom. The summed E-state index contributed by atoms with van der Waals surface area (Å²) in [5.41, 5.74) is 9.79. The van der Waals surface area contributed by atoms with Crippen LogP contribution >= 0.6 is 11.6 Å². The maximum atomic E-state index is 6.35. The largest absolute Gasteiger partial charge is 0.383 e. The molecule has 30 heavy (non-hydrogen) atoms. The molecule has 0 saturated heterocycles. The van der Waals surface area contributed by atoms with Crippen molar-refractivity contribution < 1.29 is 0 Å². The molecule has 5 rings (SSSR count). The number of hydrogen-bond donors (Lipinski definition) is 2. The number of nitrogens with zero attached hydrogens (tertiary/aromatic N) is 7. The van der Waals surface area contributed by atoms with Crippen LogP contribution in [0.1, 0.15) is 11.1 Å². The number of nitrogens with one attached hydrogen (secondary N) is 1. The Bertz CT molecular complexity index is 1310. The summed E-state index contributed by atoms with van der Waals surface area (Å²) >= 11 is 6.18. The van der Waals surface area contributed by atoms with Gasteiger partial charge in [-0.25, -0.2) is 14.6 Å². The molecule has 5 aromatic rings. The molecule has 0 aliphatic carbocycles. The molecule has 0 atom stereocenters. The maximum absolute atomic E-state index is 6.35. The average molecular weight is 418 g/mol. The van der Waals surface area contributed by atoms with Gasteiger partial charge in [0.25, 0.3) is 5.78 Å². The van der Waals surface area contributed by atoms with Gasteiger partial charge >= 0.3 is 0 Å². The van der Waals surface area contributed by atoms with E-state index in [1.807, 2.05) is 36.4 Å². The van der Waals surface area contributed by atoms with Gasteiger partial charge in [0.2, 0.25) is 5.95 Å². The smallest absolute Gasteiger partial charge is 0.255 e. The predicted octanol–water partition coefficient (Wildman–Crippen LogP) is 3.28. The monoisotopic (exact) mass is 417 g/mol. The van der Waals surface area contributed by atoms with Crippen molar-refractivity contribution in [3.63, 3.8) is 0 Å². The van der Waals surface area contributed by atoms with Gasteiger partial charge in [-0.15, -0.1) is 5.10 Å². The number of nitrogens with two attached hydrogens (primary N) is 1. The second kappa shape index (κ2) is 7.45. The minimum atomic E-state index is 0.342. The zero-order valence-corrected chi connectivity index (χ0v) is 16.4. The molecule has 0 radical (unpaired) electrons. The number of fused-ring (bicyclic) bond motifs is 1. The third-order valence-corrected chi connectivity index (χ3v) is 4.83. The molecular weight excluding hydrogens is 402 g/mol. The molecule has 148 valence electrons. The molecule has 3 heterocycles. The van der Waals surface area contributed by atoms with Crippen LogP contribution in [0.4, 0.5) is 17.5 Å². The van der Waals surface area contributed by atoms with E-state index in [1.165, 1.54) is 10.8 Å². The molecule has 2 aromatic carbocycles. The summed E-state index contributed by atoms with van der Waals surface area (Å²) in [5, 5.41) is 12.4. The highest BCUT2D eigenvalue weighted by Crippen LogP contribution is 2.26. The fourth-order valence-electron chi connectivity index (χ4n) is 3.15. The Morgan fingerprint density at radius 2 is 1.97 bits per heavy atom. The standard InChI is InChI=1S/C20H16ClN9/c21-15-6-7-17(29-12-23-11-25-29)16(9-15)26-19-27-20-24-10-14(18(22)30(20)28-19)8-13-4-2-1-3-5-13/h1-7,9-12H,8,22H2,(H,26,28). The van der Waals surface area contributed by atoms with Gasteiger partial charge in [-0.05, 0) is 23.8 Å². The van der Waals surface area contributed by atoms with E-state index in [9.17, 15) is 0 Å². The molecule has 10 heteroatoms. The van der Waals surface area contributed by atoms with Gasteiger partial charge in [-0.3, -0.25) is 0 Å². The second-order valence-electron chi connectivity index (χ2n) is 6.60. The van der Waals surface area contributed by atoms with E-state index in [-0.39, 0.29) is 0 Å². The Morgan fingerprint density at radius 3 is 2.77 bits per heavy atom. The number of hydrogen-bond acceptors (Lipinski definition) is 7. The number of nitrogen functional groups attached to an aromatic ring is 1. The summed E-state index contributed by atoms with van der Waals surface area (Å²) in [6, 6.07) is 15.4. The Labute approximate surface area is 176 Å². The van der Waals surface area contributed by atoms with Crippen molar-refractivity contribution >= 4 is 34.8 Å². The van der Waals surface area contributed by atoms with Crippen molar-refractivity contribution in [1.82, 2.24) is 34.3 Å². The van der Waals surface area contributed by atoms with Crippen LogP contribution in [-0.2, 0) is 6.42 Å². The van der Waals surface area contributed by atoms with Crippen LogP contribution in [0.2, 0.25) is 5.02 Å². The van der Waals surface area contributed by atoms with Crippen molar-refractivity contribution in [2.75, 3.05) is 11.1 Å². The molecule has 0 bridgehead atoms. The van der Waals surface area contributed by atoms with E-state index < -0.39 is 0 Å². The lowest BCUT2D eigenvalue weighted by molar-refractivity contribution is 0.879. The van der Waals surface area contributed by atoms with Crippen LogP contribution in [0.25, 0.3) is 11.5 Å². The number of rotatable bonds is 5. The summed E-state index contributed by atoms with van der Waals surface area (Å²) in [6.07, 6.45) is 5.45. The van der Waals surface area contributed by atoms with E-state index in [0.29, 0.717) is 34.7 Å². The first-order chi connectivity index (χ1) is 14.7. The van der Waals surface area contributed by atoms with E-state index >= 15 is 0 Å². The molecule has 0 unspecified atom stereocenters. The maximum Gasteiger partial charge on any atom is 0.255 e. The lowest BCUT2D eigenvalue weighted by Gasteiger charge is -2.09. The van der Waals surface area contributed by atoms with Crippen molar-refractivity contribution in [2.24, 2.45) is 0 Å². The molecule has 0 aliphatic heterocycles. The van der Waals surface area contributed by atoms with Crippen molar-refractivity contribution in [1.29, 1.82) is 0 Å². The number of benzene rings is 2. The summed E-state index contributed by atoms with van der Waals surface area (Å²) in [4.78, 5) is 12.8. The summed E-state index contributed by atoms with van der Waals surface area (Å²) in [6.45, 7) is 0. The van der Waals surface area contributed by atoms with Gasteiger partial charge in [0.15, 0.2) is 0 Å². The van der Waals surface area contributed by atoms with Gasteiger partial charge in [0, 0.05) is 23.2 Å². The summed E-state index contributed by atoms with van der Waals surface area (Å²) in [5.74, 6) is 1.23. The van der Waals surface area contributed by atoms with Gasteiger partial charge in [0.1, 0.15) is 18.5 Å². The first-order valence-electron chi connectivity index (χ1n) is 9.13. The van der Waals surface area contributed by atoms with Crippen LogP contribution < -0.4 is 11.1 Å². The number of aromatic nitrogens is 7. The Kier molecular flexibility index (Phi) is 4.49. The molecule has 3 aromatic heterocycles. The van der Waals surface area contributed by atoms with Gasteiger partial charge in [0.05, 0.1) is 11.4 Å². The first kappa shape index (κ1) is 18.1. The fourth-order valence-corrected chi connectivity index (χ4v) is 3.33. The third kappa shape index (κ3) is 3.42. The third-order valence-electron chi connectivity index (χ3n) is 4.59. The van der Waals surface area contributed by atoms with Crippen molar-refractivity contribution in [3.8, 4) is 5.69 Å². The molecule has 9 nitrogen and oxygen atoms in total. The summed E-state index contributed by atoms with van der Waals surface area (Å²) in [7, 11) is 0. The van der Waals surface area contributed by atoms with Crippen LogP contribution in [0.15, 0.2) is 67.4 Å². The van der Waals surface area contributed by atoms with Gasteiger partial charge in [-0.2, -0.15) is 14.6 Å². The van der Waals surface area contributed by atoms with E-state index in [2.05, 4.69) is 30.5 Å². The quantitative estimate of drug-likeness (QED) is 0.451. The topological polar surface area (TPSA) is 112 Å². The van der Waals surface area contributed by atoms with E-state index in [4.69, 9.17) is 17.3 Å². The Hall–Kier alpha value is -3.98. The zero-order valence-electron chi connectivity index (χ0n) is 15.6. The summed E-state index contributed by atoms with van der Waals surface area (Å²) < 4.78 is 3.15. The lowest BCUT2D eigenvalue weighted by Crippen LogP contribution is -2.06. The Balaban J connectivity index is 1.49. The average Bonchev–Trinajstić information content (AvgIpc) is 3.41. The van der Waals surface area contributed by atoms with Crippen LogP contribution in [0.3, 0.4) is 0 Å². The molecule has 0 spiro atoms. The lowest BCUT2D eigenvalue weighted by atomic mass is 10.1. The van der Waals surface area contributed by atoms with Crippen molar-refractivity contribution in [3.05, 3.63) is 83.5 Å². The van der Waals surface area contributed by atoms with Gasteiger partial charge < -0.3 is 11.1 Å². The normalized spacial score (nSPS) is 11.1. The minimum absolute atomic E-state index is 0.342. The predicted molar refractivity (Wildman–Crippen MR) is 114 cm³/mol. The molecular formula is C20H16ClN9. The molecule has 0 aliphatic rings. The van der Waals surface area contributed by atoms with E-state index in [1.54, 1.807) is 29.3 Å². The zero-order chi connectivity index (χ0) is 20.5. The molecule has 3 N–H and O–H groups in total.